The van der Waals surface area contributed by atoms with E-state index in [2.05, 4.69) is 34.5 Å². The van der Waals surface area contributed by atoms with Gasteiger partial charge in [-0.05, 0) is 75.0 Å². The molecule has 0 saturated carbocycles. The van der Waals surface area contributed by atoms with Crippen LogP contribution in [0, 0.1) is 5.92 Å². The highest BCUT2D eigenvalue weighted by Crippen LogP contribution is 2.40. The third-order valence-corrected chi connectivity index (χ3v) is 6.73. The van der Waals surface area contributed by atoms with Gasteiger partial charge >= 0.3 is 0 Å². The average Bonchev–Trinajstić information content (AvgIpc) is 3.09. The van der Waals surface area contributed by atoms with Crippen LogP contribution < -0.4 is 5.32 Å². The van der Waals surface area contributed by atoms with Crippen molar-refractivity contribution < 1.29 is 0 Å². The standard InChI is InChI=1S/C18H26N2S/c1-2-6-18-15(4-1)17(9-13-21-18)20-11-7-14(8-12-20)16-5-3-10-19-16/h1-2,4,6,14,16-17,19H,3,5,7-13H2. The van der Waals surface area contributed by atoms with E-state index in [4.69, 9.17) is 0 Å². The number of piperidine rings is 1. The Balaban J connectivity index is 1.42. The minimum absolute atomic E-state index is 0.680. The van der Waals surface area contributed by atoms with Gasteiger partial charge in [-0.2, -0.15) is 0 Å². The Labute approximate surface area is 132 Å². The van der Waals surface area contributed by atoms with Gasteiger partial charge < -0.3 is 5.32 Å². The number of thioether (sulfide) groups is 1. The van der Waals surface area contributed by atoms with Crippen LogP contribution in [0.4, 0.5) is 0 Å². The fourth-order valence-electron chi connectivity index (χ4n) is 4.45. The van der Waals surface area contributed by atoms with Crippen LogP contribution in [0.1, 0.15) is 43.7 Å². The number of likely N-dealkylation sites (tertiary alicyclic amines) is 1. The van der Waals surface area contributed by atoms with Crippen molar-refractivity contribution in [1.29, 1.82) is 0 Å². The molecule has 2 fully saturated rings. The van der Waals surface area contributed by atoms with Gasteiger partial charge in [0, 0.05) is 17.0 Å². The average molecular weight is 302 g/mol. The van der Waals surface area contributed by atoms with Gasteiger partial charge in [-0.3, -0.25) is 4.90 Å². The van der Waals surface area contributed by atoms with Crippen molar-refractivity contribution in [3.63, 3.8) is 0 Å². The van der Waals surface area contributed by atoms with Gasteiger partial charge in [0.25, 0.3) is 0 Å². The Morgan fingerprint density at radius 3 is 2.71 bits per heavy atom. The molecule has 2 unspecified atom stereocenters. The van der Waals surface area contributed by atoms with Gasteiger partial charge in [-0.15, -0.1) is 11.8 Å². The van der Waals surface area contributed by atoms with E-state index in [0.29, 0.717) is 6.04 Å². The summed E-state index contributed by atoms with van der Waals surface area (Å²) in [7, 11) is 0. The summed E-state index contributed by atoms with van der Waals surface area (Å²) in [6, 6.07) is 10.6. The molecule has 4 rings (SSSR count). The lowest BCUT2D eigenvalue weighted by Gasteiger charge is -2.41. The molecule has 0 aromatic heterocycles. The van der Waals surface area contributed by atoms with Gasteiger partial charge in [0.1, 0.15) is 0 Å². The van der Waals surface area contributed by atoms with Crippen molar-refractivity contribution in [3.8, 4) is 0 Å². The summed E-state index contributed by atoms with van der Waals surface area (Å²) in [5, 5.41) is 3.71. The number of hydrogen-bond acceptors (Lipinski definition) is 3. The van der Waals surface area contributed by atoms with Gasteiger partial charge in [0.05, 0.1) is 0 Å². The minimum atomic E-state index is 0.680. The number of fused-ring (bicyclic) bond motifs is 1. The molecule has 0 amide bonds. The second kappa shape index (κ2) is 6.31. The molecule has 3 aliphatic rings. The van der Waals surface area contributed by atoms with Crippen LogP contribution in [-0.2, 0) is 0 Å². The number of benzene rings is 1. The maximum atomic E-state index is 3.71. The Bertz CT molecular complexity index is 476. The smallest absolute Gasteiger partial charge is 0.0367 e. The van der Waals surface area contributed by atoms with E-state index >= 15 is 0 Å². The monoisotopic (exact) mass is 302 g/mol. The number of rotatable bonds is 2. The molecule has 3 heteroatoms. The van der Waals surface area contributed by atoms with Crippen LogP contribution in [-0.4, -0.2) is 36.3 Å². The van der Waals surface area contributed by atoms with Gasteiger partial charge in [-0.25, -0.2) is 0 Å². The first kappa shape index (κ1) is 14.1. The van der Waals surface area contributed by atoms with E-state index < -0.39 is 0 Å². The zero-order valence-electron chi connectivity index (χ0n) is 12.8. The molecule has 1 N–H and O–H groups in total. The Morgan fingerprint density at radius 1 is 1.05 bits per heavy atom. The Kier molecular flexibility index (Phi) is 4.24. The summed E-state index contributed by atoms with van der Waals surface area (Å²) in [4.78, 5) is 4.29. The lowest BCUT2D eigenvalue weighted by molar-refractivity contribution is 0.114. The third-order valence-electron chi connectivity index (χ3n) is 5.61. The Hall–Kier alpha value is -0.510. The summed E-state index contributed by atoms with van der Waals surface area (Å²) in [5.41, 5.74) is 1.59. The third kappa shape index (κ3) is 2.88. The van der Waals surface area contributed by atoms with Crippen molar-refractivity contribution in [2.75, 3.05) is 25.4 Å². The van der Waals surface area contributed by atoms with Crippen LogP contribution >= 0.6 is 11.8 Å². The van der Waals surface area contributed by atoms with E-state index in [1.165, 1.54) is 62.4 Å². The molecule has 2 saturated heterocycles. The highest BCUT2D eigenvalue weighted by molar-refractivity contribution is 7.99. The van der Waals surface area contributed by atoms with E-state index in [1.807, 2.05) is 11.8 Å². The maximum Gasteiger partial charge on any atom is 0.0367 e. The highest BCUT2D eigenvalue weighted by atomic mass is 32.2. The summed E-state index contributed by atoms with van der Waals surface area (Å²) >= 11 is 2.04. The molecule has 114 valence electrons. The summed E-state index contributed by atoms with van der Waals surface area (Å²) in [6.07, 6.45) is 6.91. The molecule has 0 aliphatic carbocycles. The van der Waals surface area contributed by atoms with Crippen molar-refractivity contribution in [1.82, 2.24) is 10.2 Å². The summed E-state index contributed by atoms with van der Waals surface area (Å²) < 4.78 is 0. The van der Waals surface area contributed by atoms with Crippen LogP contribution in [0.2, 0.25) is 0 Å². The van der Waals surface area contributed by atoms with E-state index in [1.54, 1.807) is 5.56 Å². The highest BCUT2D eigenvalue weighted by Gasteiger charge is 2.32. The fraction of sp³-hybridized carbons (Fsp3) is 0.667. The molecule has 3 aliphatic heterocycles. The van der Waals surface area contributed by atoms with Gasteiger partial charge in [-0.1, -0.05) is 18.2 Å². The predicted molar refractivity (Wildman–Crippen MR) is 89.8 cm³/mol. The molecule has 2 atom stereocenters. The van der Waals surface area contributed by atoms with Crippen molar-refractivity contribution >= 4 is 11.8 Å². The first-order valence-corrected chi connectivity index (χ1v) is 9.59. The predicted octanol–water partition coefficient (Wildman–Crippen LogP) is 3.69. The SMILES string of the molecule is c1ccc2c(c1)SCCC2N1CCC(C2CCCN2)CC1. The molecule has 0 bridgehead atoms. The number of nitrogens with one attached hydrogen (secondary N) is 1. The van der Waals surface area contributed by atoms with E-state index in [0.717, 1.165) is 12.0 Å². The topological polar surface area (TPSA) is 15.3 Å². The van der Waals surface area contributed by atoms with Crippen LogP contribution in [0.25, 0.3) is 0 Å². The summed E-state index contributed by atoms with van der Waals surface area (Å²) in [6.45, 7) is 3.84. The van der Waals surface area contributed by atoms with Gasteiger partial charge in [0.15, 0.2) is 0 Å². The molecule has 1 aromatic rings. The second-order valence-corrected chi connectivity index (χ2v) is 7.90. The number of hydrogen-bond donors (Lipinski definition) is 1. The van der Waals surface area contributed by atoms with Crippen molar-refractivity contribution in [2.24, 2.45) is 5.92 Å². The van der Waals surface area contributed by atoms with Crippen molar-refractivity contribution in [2.45, 2.75) is 49.1 Å². The molecule has 3 heterocycles. The first-order valence-electron chi connectivity index (χ1n) is 8.61. The molecular formula is C18H26N2S. The molecule has 21 heavy (non-hydrogen) atoms. The first-order chi connectivity index (χ1) is 10.4. The lowest BCUT2D eigenvalue weighted by atomic mass is 9.87. The Morgan fingerprint density at radius 2 is 1.90 bits per heavy atom. The fourth-order valence-corrected chi connectivity index (χ4v) is 5.56. The van der Waals surface area contributed by atoms with Gasteiger partial charge in [0.2, 0.25) is 0 Å². The lowest BCUT2D eigenvalue weighted by Crippen LogP contribution is -2.42. The zero-order valence-corrected chi connectivity index (χ0v) is 13.6. The molecule has 1 aromatic carbocycles. The van der Waals surface area contributed by atoms with E-state index in [9.17, 15) is 0 Å². The minimum Gasteiger partial charge on any atom is -0.314 e. The van der Waals surface area contributed by atoms with E-state index in [-0.39, 0.29) is 0 Å². The second-order valence-electron chi connectivity index (χ2n) is 6.77. The molecular weight excluding hydrogens is 276 g/mol. The maximum absolute atomic E-state index is 3.71. The summed E-state index contributed by atoms with van der Waals surface area (Å²) in [5.74, 6) is 2.21. The van der Waals surface area contributed by atoms with Crippen LogP contribution in [0.5, 0.6) is 0 Å². The zero-order chi connectivity index (χ0) is 14.1. The van der Waals surface area contributed by atoms with Crippen molar-refractivity contribution in [3.05, 3.63) is 29.8 Å². The van der Waals surface area contributed by atoms with Crippen LogP contribution in [0.15, 0.2) is 29.2 Å². The largest absolute Gasteiger partial charge is 0.314 e. The quantitative estimate of drug-likeness (QED) is 0.897. The normalized spacial score (nSPS) is 31.2. The molecule has 0 spiro atoms. The number of nitrogens with zero attached hydrogens (tertiary/aromatic N) is 1. The van der Waals surface area contributed by atoms with Crippen LogP contribution in [0.3, 0.4) is 0 Å². The molecule has 0 radical (unpaired) electrons. The molecule has 2 nitrogen and oxygen atoms in total.